The topological polar surface area (TPSA) is 66.5 Å². The second kappa shape index (κ2) is 9.07. The van der Waals surface area contributed by atoms with Crippen LogP contribution in [0.3, 0.4) is 0 Å². The lowest BCUT2D eigenvalue weighted by molar-refractivity contribution is -0.137. The summed E-state index contributed by atoms with van der Waals surface area (Å²) in [6.07, 6.45) is -3.22. The fourth-order valence-electron chi connectivity index (χ4n) is 3.14. The minimum Gasteiger partial charge on any atom is -0.347 e. The zero-order chi connectivity index (χ0) is 22.7. The molecule has 2 aromatic rings. The minimum atomic E-state index is -4.64. The molecule has 0 spiro atoms. The molecule has 0 aliphatic carbocycles. The van der Waals surface area contributed by atoms with E-state index in [-0.39, 0.29) is 11.7 Å². The lowest BCUT2D eigenvalue weighted by atomic mass is 10.0. The summed E-state index contributed by atoms with van der Waals surface area (Å²) in [5, 5.41) is 2.80. The van der Waals surface area contributed by atoms with E-state index in [9.17, 15) is 26.4 Å². The summed E-state index contributed by atoms with van der Waals surface area (Å²) >= 11 is 0. The number of carbonyl (C=O) groups is 1. The molecule has 1 N–H and O–H groups in total. The Bertz CT molecular complexity index is 989. The molecule has 0 aliphatic heterocycles. The molecule has 1 amide bonds. The van der Waals surface area contributed by atoms with Crippen LogP contribution in [0.2, 0.25) is 0 Å². The van der Waals surface area contributed by atoms with Crippen molar-refractivity contribution >= 4 is 21.6 Å². The maximum absolute atomic E-state index is 13.1. The number of nitrogens with one attached hydrogen (secondary N) is 1. The smallest absolute Gasteiger partial charge is 0.347 e. The second-order valence-corrected chi connectivity index (χ2v) is 9.02. The molecule has 9 heteroatoms. The Kier molecular flexibility index (Phi) is 7.18. The number of hydrogen-bond donors (Lipinski definition) is 1. The van der Waals surface area contributed by atoms with Gasteiger partial charge in [0.25, 0.3) is 0 Å². The molecule has 0 unspecified atom stereocenters. The van der Waals surface area contributed by atoms with Crippen LogP contribution in [0.15, 0.2) is 48.5 Å². The molecular formula is C21H25F3N2O3S. The lowest BCUT2D eigenvalue weighted by Gasteiger charge is -2.30. The molecule has 2 rings (SSSR count). The fraction of sp³-hybridized carbons (Fsp3) is 0.381. The maximum Gasteiger partial charge on any atom is 0.416 e. The SMILES string of the molecule is CC[C@@H](NC(=O)[C@H](C)N(c1cccc(C(F)(F)F)c1)S(C)(=O)=O)c1ccc(C)cc1. The highest BCUT2D eigenvalue weighted by molar-refractivity contribution is 7.92. The van der Waals surface area contributed by atoms with Crippen LogP contribution in [-0.2, 0) is 21.0 Å². The molecule has 0 bridgehead atoms. The molecule has 0 aromatic heterocycles. The number of sulfonamides is 1. The van der Waals surface area contributed by atoms with Gasteiger partial charge in [-0.3, -0.25) is 9.10 Å². The third kappa shape index (κ3) is 5.75. The number of amides is 1. The van der Waals surface area contributed by atoms with Gasteiger partial charge in [-0.1, -0.05) is 42.8 Å². The number of anilines is 1. The number of nitrogens with zero attached hydrogens (tertiary/aromatic N) is 1. The molecule has 0 fully saturated rings. The molecule has 164 valence electrons. The van der Waals surface area contributed by atoms with Crippen LogP contribution >= 0.6 is 0 Å². The summed E-state index contributed by atoms with van der Waals surface area (Å²) in [4.78, 5) is 12.9. The van der Waals surface area contributed by atoms with E-state index in [0.717, 1.165) is 35.6 Å². The van der Waals surface area contributed by atoms with Crippen molar-refractivity contribution in [3.8, 4) is 0 Å². The summed E-state index contributed by atoms with van der Waals surface area (Å²) in [5.74, 6) is -0.606. The normalized spacial score (nSPS) is 14.1. The highest BCUT2D eigenvalue weighted by Gasteiger charge is 2.34. The lowest BCUT2D eigenvalue weighted by Crippen LogP contribution is -2.48. The Morgan fingerprint density at radius 1 is 1.13 bits per heavy atom. The van der Waals surface area contributed by atoms with Crippen molar-refractivity contribution < 1.29 is 26.4 Å². The van der Waals surface area contributed by atoms with Gasteiger partial charge in [-0.15, -0.1) is 0 Å². The molecule has 30 heavy (non-hydrogen) atoms. The van der Waals surface area contributed by atoms with Gasteiger partial charge in [-0.25, -0.2) is 8.42 Å². The first kappa shape index (κ1) is 23.7. The summed E-state index contributed by atoms with van der Waals surface area (Å²) in [7, 11) is -4.03. The van der Waals surface area contributed by atoms with Crippen LogP contribution in [0.25, 0.3) is 0 Å². The Hall–Kier alpha value is -2.55. The van der Waals surface area contributed by atoms with Crippen LogP contribution < -0.4 is 9.62 Å². The van der Waals surface area contributed by atoms with Crippen LogP contribution in [0.1, 0.15) is 43.0 Å². The largest absolute Gasteiger partial charge is 0.416 e. The number of carbonyl (C=O) groups excluding carboxylic acids is 1. The van der Waals surface area contributed by atoms with Gasteiger partial charge in [0.15, 0.2) is 0 Å². The zero-order valence-electron chi connectivity index (χ0n) is 17.2. The van der Waals surface area contributed by atoms with Crippen LogP contribution in [0.4, 0.5) is 18.9 Å². The highest BCUT2D eigenvalue weighted by atomic mass is 32.2. The molecule has 2 atom stereocenters. The Balaban J connectivity index is 2.34. The number of halogens is 3. The van der Waals surface area contributed by atoms with Crippen molar-refractivity contribution in [2.75, 3.05) is 10.6 Å². The van der Waals surface area contributed by atoms with E-state index in [1.807, 2.05) is 38.1 Å². The van der Waals surface area contributed by atoms with Crippen molar-refractivity contribution in [1.82, 2.24) is 5.32 Å². The molecule has 0 aliphatic rings. The van der Waals surface area contributed by atoms with Gasteiger partial charge in [-0.05, 0) is 44.0 Å². The van der Waals surface area contributed by atoms with Crippen molar-refractivity contribution in [2.24, 2.45) is 0 Å². The number of aryl methyl sites for hydroxylation is 1. The molecule has 0 heterocycles. The van der Waals surface area contributed by atoms with E-state index in [0.29, 0.717) is 10.7 Å². The van der Waals surface area contributed by atoms with Gasteiger partial charge in [0.1, 0.15) is 6.04 Å². The van der Waals surface area contributed by atoms with Gasteiger partial charge < -0.3 is 5.32 Å². The molecule has 5 nitrogen and oxygen atoms in total. The average Bonchev–Trinajstić information content (AvgIpc) is 2.65. The fourth-order valence-corrected chi connectivity index (χ4v) is 4.31. The third-order valence-electron chi connectivity index (χ3n) is 4.72. The van der Waals surface area contributed by atoms with E-state index in [1.165, 1.54) is 13.0 Å². The van der Waals surface area contributed by atoms with Gasteiger partial charge in [0.05, 0.1) is 23.5 Å². The van der Waals surface area contributed by atoms with E-state index >= 15 is 0 Å². The summed E-state index contributed by atoms with van der Waals surface area (Å²) in [5.41, 5.74) is 0.695. The quantitative estimate of drug-likeness (QED) is 0.690. The van der Waals surface area contributed by atoms with Crippen molar-refractivity contribution in [1.29, 1.82) is 0 Å². The van der Waals surface area contributed by atoms with Crippen molar-refractivity contribution in [2.45, 2.75) is 45.5 Å². The maximum atomic E-state index is 13.1. The molecule has 0 saturated carbocycles. The first-order chi connectivity index (χ1) is 13.8. The number of rotatable bonds is 7. The number of hydrogen-bond acceptors (Lipinski definition) is 3. The predicted octanol–water partition coefficient (Wildman–Crippen LogP) is 4.44. The first-order valence-electron chi connectivity index (χ1n) is 9.38. The monoisotopic (exact) mass is 442 g/mol. The van der Waals surface area contributed by atoms with E-state index < -0.39 is 33.7 Å². The van der Waals surface area contributed by atoms with Gasteiger partial charge in [0.2, 0.25) is 15.9 Å². The number of alkyl halides is 3. The molecule has 0 radical (unpaired) electrons. The second-order valence-electron chi connectivity index (χ2n) is 7.16. The Labute approximate surface area is 175 Å². The molecule has 2 aromatic carbocycles. The van der Waals surface area contributed by atoms with Gasteiger partial charge >= 0.3 is 6.18 Å². The highest BCUT2D eigenvalue weighted by Crippen LogP contribution is 2.33. The summed E-state index contributed by atoms with van der Waals surface area (Å²) in [6, 6.07) is 9.86. The summed E-state index contributed by atoms with van der Waals surface area (Å²) in [6.45, 7) is 5.15. The van der Waals surface area contributed by atoms with E-state index in [2.05, 4.69) is 5.32 Å². The number of benzene rings is 2. The Morgan fingerprint density at radius 3 is 2.23 bits per heavy atom. The zero-order valence-corrected chi connectivity index (χ0v) is 18.0. The van der Waals surface area contributed by atoms with Gasteiger partial charge in [0, 0.05) is 0 Å². The predicted molar refractivity (Wildman–Crippen MR) is 111 cm³/mol. The third-order valence-corrected chi connectivity index (χ3v) is 5.96. The minimum absolute atomic E-state index is 0.224. The Morgan fingerprint density at radius 2 is 1.73 bits per heavy atom. The van der Waals surface area contributed by atoms with Gasteiger partial charge in [-0.2, -0.15) is 13.2 Å². The van der Waals surface area contributed by atoms with Crippen LogP contribution in [0, 0.1) is 6.92 Å². The van der Waals surface area contributed by atoms with E-state index in [1.54, 1.807) is 0 Å². The standard InChI is InChI=1S/C21H25F3N2O3S/c1-5-19(16-11-9-14(2)10-12-16)25-20(27)15(3)26(30(4,28)29)18-8-6-7-17(13-18)21(22,23)24/h6-13,15,19H,5H2,1-4H3,(H,25,27)/t15-,19+/m0/s1. The van der Waals surface area contributed by atoms with Crippen molar-refractivity contribution in [3.05, 3.63) is 65.2 Å². The van der Waals surface area contributed by atoms with Crippen LogP contribution in [0.5, 0.6) is 0 Å². The first-order valence-corrected chi connectivity index (χ1v) is 11.2. The summed E-state index contributed by atoms with van der Waals surface area (Å²) < 4.78 is 64.7. The average molecular weight is 443 g/mol. The van der Waals surface area contributed by atoms with Crippen LogP contribution in [-0.4, -0.2) is 26.6 Å². The van der Waals surface area contributed by atoms with Crippen molar-refractivity contribution in [3.63, 3.8) is 0 Å². The molecular weight excluding hydrogens is 417 g/mol. The van der Waals surface area contributed by atoms with E-state index in [4.69, 9.17) is 0 Å². The molecule has 0 saturated heterocycles.